The first-order chi connectivity index (χ1) is 7.65. The molecule has 0 amide bonds. The van der Waals surface area contributed by atoms with Crippen LogP contribution in [0.15, 0.2) is 6.20 Å². The first kappa shape index (κ1) is 9.72. The van der Waals surface area contributed by atoms with Crippen molar-refractivity contribution >= 4 is 17.1 Å². The fraction of sp³-hybridized carbons (Fsp3) is 0.364. The van der Waals surface area contributed by atoms with Gasteiger partial charge in [0.2, 0.25) is 0 Å². The molecule has 0 atom stereocenters. The Labute approximate surface area is 96.9 Å². The Hall–Kier alpha value is -1.49. The highest BCUT2D eigenvalue weighted by molar-refractivity contribution is 7.12. The Kier molecular flexibility index (Phi) is 1.97. The van der Waals surface area contributed by atoms with E-state index in [-0.39, 0.29) is 5.78 Å². The number of hydrogen-bond donors (Lipinski definition) is 0. The van der Waals surface area contributed by atoms with Crippen LogP contribution in [0.2, 0.25) is 0 Å². The highest BCUT2D eigenvalue weighted by atomic mass is 32.1. The summed E-state index contributed by atoms with van der Waals surface area (Å²) < 4.78 is 1.69. The monoisotopic (exact) mass is 233 g/mol. The summed E-state index contributed by atoms with van der Waals surface area (Å²) in [5.74, 6) is 0.124. The van der Waals surface area contributed by atoms with E-state index >= 15 is 0 Å². The molecule has 4 nitrogen and oxygen atoms in total. The maximum Gasteiger partial charge on any atom is 0.184 e. The number of nitrogens with zero attached hydrogens (tertiary/aromatic N) is 3. The lowest BCUT2D eigenvalue weighted by atomic mass is 10.1. The van der Waals surface area contributed by atoms with Crippen LogP contribution in [0.4, 0.5) is 0 Å². The molecular formula is C11H11N3OS. The number of fused-ring (bicyclic) bond motifs is 3. The fourth-order valence-corrected chi connectivity index (χ4v) is 3.01. The maximum atomic E-state index is 11.9. The lowest BCUT2D eigenvalue weighted by molar-refractivity contribution is 0.0979. The van der Waals surface area contributed by atoms with Crippen molar-refractivity contribution in [3.8, 4) is 11.3 Å². The summed E-state index contributed by atoms with van der Waals surface area (Å²) in [5, 5.41) is 5.28. The van der Waals surface area contributed by atoms with Crippen LogP contribution in [0.1, 0.15) is 26.8 Å². The molecule has 0 fully saturated rings. The van der Waals surface area contributed by atoms with E-state index in [4.69, 9.17) is 0 Å². The lowest BCUT2D eigenvalue weighted by Gasteiger charge is -1.93. The zero-order valence-corrected chi connectivity index (χ0v) is 9.97. The molecule has 0 aliphatic heterocycles. The molecule has 2 aromatic rings. The minimum atomic E-state index is 0.124. The van der Waals surface area contributed by atoms with Crippen LogP contribution in [0.3, 0.4) is 0 Å². The minimum Gasteiger partial charge on any atom is -0.292 e. The molecule has 1 aliphatic carbocycles. The van der Waals surface area contributed by atoms with Crippen LogP contribution >= 0.6 is 11.3 Å². The first-order valence-electron chi connectivity index (χ1n) is 5.18. The van der Waals surface area contributed by atoms with Crippen LogP contribution < -0.4 is 0 Å². The van der Waals surface area contributed by atoms with E-state index in [9.17, 15) is 4.79 Å². The van der Waals surface area contributed by atoms with Crippen molar-refractivity contribution in [2.75, 3.05) is 0 Å². The Morgan fingerprint density at radius 3 is 3.00 bits per heavy atom. The van der Waals surface area contributed by atoms with Crippen LogP contribution in [0, 0.1) is 6.92 Å². The van der Waals surface area contributed by atoms with Gasteiger partial charge in [0, 0.05) is 24.5 Å². The van der Waals surface area contributed by atoms with Gasteiger partial charge in [0.25, 0.3) is 0 Å². The van der Waals surface area contributed by atoms with Gasteiger partial charge in [-0.1, -0.05) is 0 Å². The number of carbonyl (C=O) groups excluding carboxylic acids is 1. The third kappa shape index (κ3) is 1.31. The van der Waals surface area contributed by atoms with Gasteiger partial charge in [-0.2, -0.15) is 5.10 Å². The lowest BCUT2D eigenvalue weighted by Crippen LogP contribution is -2.01. The van der Waals surface area contributed by atoms with Gasteiger partial charge in [-0.05, 0) is 13.3 Å². The fourth-order valence-electron chi connectivity index (χ4n) is 2.06. The van der Waals surface area contributed by atoms with E-state index in [1.54, 1.807) is 16.0 Å². The Morgan fingerprint density at radius 1 is 1.38 bits per heavy atom. The summed E-state index contributed by atoms with van der Waals surface area (Å²) in [6.07, 6.45) is 3.22. The van der Waals surface area contributed by atoms with E-state index in [1.165, 1.54) is 4.88 Å². The second-order valence-electron chi connectivity index (χ2n) is 3.99. The summed E-state index contributed by atoms with van der Waals surface area (Å²) in [6, 6.07) is 0. The maximum absolute atomic E-state index is 11.9. The van der Waals surface area contributed by atoms with Crippen LogP contribution in [0.25, 0.3) is 11.3 Å². The molecular weight excluding hydrogens is 222 g/mol. The highest BCUT2D eigenvalue weighted by Gasteiger charge is 2.25. The van der Waals surface area contributed by atoms with Crippen molar-refractivity contribution < 1.29 is 4.79 Å². The highest BCUT2D eigenvalue weighted by Crippen LogP contribution is 2.34. The summed E-state index contributed by atoms with van der Waals surface area (Å²) in [5.41, 5.74) is 2.42. The molecule has 2 aromatic heterocycles. The van der Waals surface area contributed by atoms with Crippen molar-refractivity contribution in [2.45, 2.75) is 19.8 Å². The van der Waals surface area contributed by atoms with Gasteiger partial charge in [0.15, 0.2) is 5.78 Å². The number of aryl methyl sites for hydroxylation is 3. The van der Waals surface area contributed by atoms with E-state index in [0.717, 1.165) is 22.7 Å². The smallest absolute Gasteiger partial charge is 0.184 e. The molecule has 82 valence electrons. The normalized spacial score (nSPS) is 14.5. The third-order valence-electron chi connectivity index (χ3n) is 2.73. The molecule has 0 aromatic carbocycles. The van der Waals surface area contributed by atoms with Crippen LogP contribution in [-0.2, 0) is 13.5 Å². The van der Waals surface area contributed by atoms with Gasteiger partial charge in [0.05, 0.1) is 16.3 Å². The topological polar surface area (TPSA) is 47.8 Å². The summed E-state index contributed by atoms with van der Waals surface area (Å²) in [6.45, 7) is 2.00. The number of hydrogen-bond acceptors (Lipinski definition) is 4. The predicted molar refractivity (Wildman–Crippen MR) is 61.7 cm³/mol. The Bertz CT molecular complexity index is 582. The number of carbonyl (C=O) groups is 1. The predicted octanol–water partition coefficient (Wildman–Crippen LogP) is 1.98. The molecule has 0 radical (unpaired) electrons. The second kappa shape index (κ2) is 3.25. The van der Waals surface area contributed by atoms with Crippen molar-refractivity contribution in [2.24, 2.45) is 7.05 Å². The van der Waals surface area contributed by atoms with E-state index < -0.39 is 0 Å². The average molecular weight is 233 g/mol. The summed E-state index contributed by atoms with van der Waals surface area (Å²) in [4.78, 5) is 17.6. The van der Waals surface area contributed by atoms with Crippen molar-refractivity contribution in [3.05, 3.63) is 21.8 Å². The molecule has 0 spiro atoms. The van der Waals surface area contributed by atoms with Crippen molar-refractivity contribution in [1.82, 2.24) is 14.8 Å². The number of thiazole rings is 1. The number of rotatable bonds is 0. The summed E-state index contributed by atoms with van der Waals surface area (Å²) in [7, 11) is 1.83. The van der Waals surface area contributed by atoms with Crippen LogP contribution in [-0.4, -0.2) is 20.5 Å². The van der Waals surface area contributed by atoms with E-state index in [0.29, 0.717) is 12.1 Å². The van der Waals surface area contributed by atoms with Gasteiger partial charge < -0.3 is 0 Å². The second-order valence-corrected chi connectivity index (χ2v) is 5.28. The number of ketones is 1. The Morgan fingerprint density at radius 2 is 2.19 bits per heavy atom. The number of aromatic nitrogens is 3. The minimum absolute atomic E-state index is 0.124. The van der Waals surface area contributed by atoms with Crippen LogP contribution in [0.5, 0.6) is 0 Å². The largest absolute Gasteiger partial charge is 0.292 e. The summed E-state index contributed by atoms with van der Waals surface area (Å²) >= 11 is 1.68. The third-order valence-corrected chi connectivity index (χ3v) is 3.76. The molecule has 0 N–H and O–H groups in total. The SMILES string of the molecule is Cc1nc2c(s1)CCC(=O)c1nn(C)cc1-2. The molecule has 1 aliphatic rings. The van der Waals surface area contributed by atoms with E-state index in [1.807, 2.05) is 20.2 Å². The Balaban J connectivity index is 2.30. The first-order valence-corrected chi connectivity index (χ1v) is 6.00. The molecule has 0 saturated carbocycles. The van der Waals surface area contributed by atoms with Gasteiger partial charge in [-0.15, -0.1) is 11.3 Å². The molecule has 2 heterocycles. The molecule has 3 rings (SSSR count). The number of Topliss-reactive ketones (excluding diaryl/α,β-unsaturated/α-hetero) is 1. The standard InChI is InChI=1S/C11H11N3OS/c1-6-12-11-7-5-14(2)13-10(7)8(15)3-4-9(11)16-6/h5H,3-4H2,1-2H3. The zero-order chi connectivity index (χ0) is 11.3. The molecule has 5 heteroatoms. The van der Waals surface area contributed by atoms with Gasteiger partial charge >= 0.3 is 0 Å². The zero-order valence-electron chi connectivity index (χ0n) is 9.15. The molecule has 16 heavy (non-hydrogen) atoms. The van der Waals surface area contributed by atoms with Crippen molar-refractivity contribution in [3.63, 3.8) is 0 Å². The van der Waals surface area contributed by atoms with Gasteiger partial charge in [-0.3, -0.25) is 9.48 Å². The molecule has 0 bridgehead atoms. The van der Waals surface area contributed by atoms with Crippen molar-refractivity contribution in [1.29, 1.82) is 0 Å². The average Bonchev–Trinajstić information content (AvgIpc) is 2.75. The molecule has 0 saturated heterocycles. The quantitative estimate of drug-likeness (QED) is 0.699. The van der Waals surface area contributed by atoms with E-state index in [2.05, 4.69) is 10.1 Å². The van der Waals surface area contributed by atoms with Gasteiger partial charge in [-0.25, -0.2) is 4.98 Å². The molecule has 0 unspecified atom stereocenters. The van der Waals surface area contributed by atoms with Gasteiger partial charge in [0.1, 0.15) is 5.69 Å².